The van der Waals surface area contributed by atoms with Crippen LogP contribution < -0.4 is 0 Å². The molecule has 4 rings (SSSR count). The second-order valence-electron chi connectivity index (χ2n) is 7.98. The van der Waals surface area contributed by atoms with Crippen molar-refractivity contribution >= 4 is 11.7 Å². The SMILES string of the molecule is Cc1[nH]c2c(c1C(=O)N(C)CC1Cc3ccccc3CN1C)C(=O)CCC2. The predicted octanol–water partition coefficient (Wildman–Crippen LogP) is 2.97. The van der Waals surface area contributed by atoms with Crippen LogP contribution in [0.1, 0.15) is 56.1 Å². The summed E-state index contributed by atoms with van der Waals surface area (Å²) in [6.07, 6.45) is 3.19. The third-order valence-corrected chi connectivity index (χ3v) is 6.04. The number of hydrogen-bond acceptors (Lipinski definition) is 3. The Labute approximate surface area is 160 Å². The van der Waals surface area contributed by atoms with Gasteiger partial charge in [0.1, 0.15) is 0 Å². The topological polar surface area (TPSA) is 56.4 Å². The zero-order valence-corrected chi connectivity index (χ0v) is 16.3. The molecule has 1 N–H and O–H groups in total. The number of ketones is 1. The lowest BCUT2D eigenvalue weighted by molar-refractivity contribution is 0.0728. The number of nitrogens with zero attached hydrogens (tertiary/aromatic N) is 2. The fraction of sp³-hybridized carbons (Fsp3) is 0.455. The molecule has 0 radical (unpaired) electrons. The van der Waals surface area contributed by atoms with Gasteiger partial charge in [-0.1, -0.05) is 24.3 Å². The highest BCUT2D eigenvalue weighted by atomic mass is 16.2. The Morgan fingerprint density at radius 3 is 2.78 bits per heavy atom. The number of nitrogens with one attached hydrogen (secondary N) is 1. The van der Waals surface area contributed by atoms with Gasteiger partial charge < -0.3 is 9.88 Å². The van der Waals surface area contributed by atoms with E-state index < -0.39 is 0 Å². The lowest BCUT2D eigenvalue weighted by Gasteiger charge is -2.36. The van der Waals surface area contributed by atoms with Gasteiger partial charge in [-0.25, -0.2) is 0 Å². The van der Waals surface area contributed by atoms with Crippen molar-refractivity contribution in [1.82, 2.24) is 14.8 Å². The zero-order chi connectivity index (χ0) is 19.1. The fourth-order valence-electron chi connectivity index (χ4n) is 4.52. The summed E-state index contributed by atoms with van der Waals surface area (Å²) in [4.78, 5) is 33.0. The van der Waals surface area contributed by atoms with Gasteiger partial charge in [0, 0.05) is 44.0 Å². The second kappa shape index (κ2) is 6.97. The molecule has 0 spiro atoms. The molecule has 1 atom stereocenters. The van der Waals surface area contributed by atoms with Crippen LogP contribution in [0.5, 0.6) is 0 Å². The number of carbonyl (C=O) groups is 2. The van der Waals surface area contributed by atoms with E-state index >= 15 is 0 Å². The van der Waals surface area contributed by atoms with Crippen LogP contribution in [0.2, 0.25) is 0 Å². The molecule has 27 heavy (non-hydrogen) atoms. The summed E-state index contributed by atoms with van der Waals surface area (Å²) >= 11 is 0. The minimum Gasteiger partial charge on any atom is -0.361 e. The van der Waals surface area contributed by atoms with E-state index in [4.69, 9.17) is 0 Å². The van der Waals surface area contributed by atoms with Gasteiger partial charge in [0.25, 0.3) is 5.91 Å². The highest BCUT2D eigenvalue weighted by Crippen LogP contribution is 2.28. The van der Waals surface area contributed by atoms with Gasteiger partial charge in [-0.2, -0.15) is 0 Å². The van der Waals surface area contributed by atoms with Gasteiger partial charge in [0.05, 0.1) is 11.1 Å². The number of aromatic amines is 1. The number of H-pyrrole nitrogens is 1. The van der Waals surface area contributed by atoms with Gasteiger partial charge in [0.15, 0.2) is 5.78 Å². The van der Waals surface area contributed by atoms with Crippen LogP contribution in [0.25, 0.3) is 0 Å². The summed E-state index contributed by atoms with van der Waals surface area (Å²) < 4.78 is 0. The molecule has 1 aliphatic heterocycles. The Hall–Kier alpha value is -2.40. The average molecular weight is 365 g/mol. The lowest BCUT2D eigenvalue weighted by atomic mass is 9.92. The average Bonchev–Trinajstić information content (AvgIpc) is 2.99. The number of fused-ring (bicyclic) bond motifs is 2. The van der Waals surface area contributed by atoms with Crippen LogP contribution in [0, 0.1) is 6.92 Å². The summed E-state index contributed by atoms with van der Waals surface area (Å²) in [6, 6.07) is 8.80. The van der Waals surface area contributed by atoms with Gasteiger partial charge in [0.2, 0.25) is 0 Å². The summed E-state index contributed by atoms with van der Waals surface area (Å²) in [5, 5.41) is 0. The van der Waals surface area contributed by atoms with Gasteiger partial charge >= 0.3 is 0 Å². The Morgan fingerprint density at radius 2 is 2.00 bits per heavy atom. The molecule has 1 aromatic heterocycles. The smallest absolute Gasteiger partial charge is 0.256 e. The molecule has 1 aromatic carbocycles. The van der Waals surface area contributed by atoms with E-state index in [0.717, 1.165) is 37.2 Å². The van der Waals surface area contributed by atoms with Crippen molar-refractivity contribution in [3.8, 4) is 0 Å². The van der Waals surface area contributed by atoms with E-state index in [-0.39, 0.29) is 17.7 Å². The molecule has 0 bridgehead atoms. The highest BCUT2D eigenvalue weighted by Gasteiger charge is 2.31. The van der Waals surface area contributed by atoms with E-state index in [9.17, 15) is 9.59 Å². The number of carbonyl (C=O) groups excluding carboxylic acids is 2. The minimum atomic E-state index is -0.0486. The molecule has 142 valence electrons. The number of aromatic nitrogens is 1. The van der Waals surface area contributed by atoms with E-state index in [0.29, 0.717) is 24.1 Å². The first-order valence-electron chi connectivity index (χ1n) is 9.72. The molecule has 0 fully saturated rings. The van der Waals surface area contributed by atoms with Crippen LogP contribution in [-0.2, 0) is 19.4 Å². The number of hydrogen-bond donors (Lipinski definition) is 1. The summed E-state index contributed by atoms with van der Waals surface area (Å²) in [5.74, 6) is 0.0496. The van der Waals surface area contributed by atoms with E-state index in [1.165, 1.54) is 11.1 Å². The molecule has 1 unspecified atom stereocenters. The number of Topliss-reactive ketones (excluding diaryl/α,β-unsaturated/α-hetero) is 1. The van der Waals surface area contributed by atoms with Crippen molar-refractivity contribution in [1.29, 1.82) is 0 Å². The van der Waals surface area contributed by atoms with Crippen molar-refractivity contribution in [2.24, 2.45) is 0 Å². The van der Waals surface area contributed by atoms with Crippen molar-refractivity contribution < 1.29 is 9.59 Å². The van der Waals surface area contributed by atoms with E-state index in [1.807, 2.05) is 14.0 Å². The fourth-order valence-corrected chi connectivity index (χ4v) is 4.52. The lowest BCUT2D eigenvalue weighted by Crippen LogP contribution is -2.46. The summed E-state index contributed by atoms with van der Waals surface area (Å²) in [6.45, 7) is 3.45. The molecule has 0 saturated carbocycles. The molecular formula is C22H27N3O2. The molecule has 5 nitrogen and oxygen atoms in total. The van der Waals surface area contributed by atoms with Gasteiger partial charge in [-0.15, -0.1) is 0 Å². The summed E-state index contributed by atoms with van der Waals surface area (Å²) in [7, 11) is 3.97. The van der Waals surface area contributed by atoms with Gasteiger partial charge in [-0.3, -0.25) is 14.5 Å². The maximum atomic E-state index is 13.2. The Bertz CT molecular complexity index is 899. The minimum absolute atomic E-state index is 0.0486. The molecule has 1 aliphatic carbocycles. The molecule has 0 saturated heterocycles. The Morgan fingerprint density at radius 1 is 1.26 bits per heavy atom. The second-order valence-corrected chi connectivity index (χ2v) is 7.98. The predicted molar refractivity (Wildman–Crippen MR) is 105 cm³/mol. The van der Waals surface area contributed by atoms with E-state index in [2.05, 4.69) is 41.2 Å². The van der Waals surface area contributed by atoms with Crippen molar-refractivity contribution in [2.45, 2.75) is 45.2 Å². The van der Waals surface area contributed by atoms with Crippen molar-refractivity contribution in [3.63, 3.8) is 0 Å². The Kier molecular flexibility index (Phi) is 4.64. The standard InChI is InChI=1S/C22H27N3O2/c1-14-20(21-18(23-14)9-6-10-19(21)26)22(27)25(3)13-17-11-15-7-4-5-8-16(15)12-24(17)2/h4-5,7-8,17,23H,6,9-13H2,1-3H3. The molecule has 2 aromatic rings. The number of rotatable bonds is 3. The molecule has 2 heterocycles. The zero-order valence-electron chi connectivity index (χ0n) is 16.3. The van der Waals surface area contributed by atoms with Crippen molar-refractivity contribution in [2.75, 3.05) is 20.6 Å². The molecule has 2 aliphatic rings. The first kappa shape index (κ1) is 18.0. The Balaban J connectivity index is 1.54. The first-order valence-corrected chi connectivity index (χ1v) is 9.72. The van der Waals surface area contributed by atoms with Crippen LogP contribution in [-0.4, -0.2) is 53.2 Å². The number of benzene rings is 1. The van der Waals surface area contributed by atoms with Crippen LogP contribution >= 0.6 is 0 Å². The van der Waals surface area contributed by atoms with Crippen LogP contribution in [0.3, 0.4) is 0 Å². The summed E-state index contributed by atoms with van der Waals surface area (Å²) in [5.41, 5.74) is 5.70. The maximum absolute atomic E-state index is 13.2. The highest BCUT2D eigenvalue weighted by molar-refractivity contribution is 6.10. The number of aryl methyl sites for hydroxylation is 2. The number of amides is 1. The number of likely N-dealkylation sites (N-methyl/N-ethyl adjacent to an activating group) is 2. The van der Waals surface area contributed by atoms with Crippen LogP contribution in [0.15, 0.2) is 24.3 Å². The molecule has 5 heteroatoms. The molecular weight excluding hydrogens is 338 g/mol. The normalized spacial score (nSPS) is 19.5. The largest absolute Gasteiger partial charge is 0.361 e. The quantitative estimate of drug-likeness (QED) is 0.910. The maximum Gasteiger partial charge on any atom is 0.256 e. The monoisotopic (exact) mass is 365 g/mol. The van der Waals surface area contributed by atoms with Gasteiger partial charge in [-0.05, 0) is 44.4 Å². The first-order chi connectivity index (χ1) is 13.0. The third kappa shape index (κ3) is 3.21. The van der Waals surface area contributed by atoms with Crippen molar-refractivity contribution in [3.05, 3.63) is 57.9 Å². The third-order valence-electron chi connectivity index (χ3n) is 6.04. The van der Waals surface area contributed by atoms with Crippen LogP contribution in [0.4, 0.5) is 0 Å². The van der Waals surface area contributed by atoms with E-state index in [1.54, 1.807) is 4.90 Å². The molecule has 1 amide bonds.